The molecule has 0 radical (unpaired) electrons. The monoisotopic (exact) mass is 315 g/mol. The van der Waals surface area contributed by atoms with Crippen molar-refractivity contribution >= 4 is 5.91 Å². The molecule has 0 bridgehead atoms. The lowest BCUT2D eigenvalue weighted by Gasteiger charge is -2.16. The molecule has 6 nitrogen and oxygen atoms in total. The minimum absolute atomic E-state index is 0.164. The lowest BCUT2D eigenvalue weighted by Crippen LogP contribution is -2.27. The van der Waals surface area contributed by atoms with Crippen LogP contribution < -0.4 is 14.8 Å². The third-order valence-electron chi connectivity index (χ3n) is 4.10. The summed E-state index contributed by atoms with van der Waals surface area (Å²) in [7, 11) is 3.19. The summed E-state index contributed by atoms with van der Waals surface area (Å²) in [5.41, 5.74) is 2.42. The van der Waals surface area contributed by atoms with E-state index in [4.69, 9.17) is 9.47 Å². The maximum atomic E-state index is 12.3. The van der Waals surface area contributed by atoms with Crippen LogP contribution in [0.2, 0.25) is 0 Å². The number of aromatic nitrogens is 2. The molecular weight excluding hydrogens is 294 g/mol. The Hall–Kier alpha value is -2.50. The van der Waals surface area contributed by atoms with Gasteiger partial charge in [-0.05, 0) is 43.5 Å². The highest BCUT2D eigenvalue weighted by atomic mass is 16.5. The van der Waals surface area contributed by atoms with E-state index in [1.807, 2.05) is 31.2 Å². The van der Waals surface area contributed by atoms with E-state index in [2.05, 4.69) is 15.5 Å². The number of H-pyrrole nitrogens is 1. The topological polar surface area (TPSA) is 76.2 Å². The second-order valence-corrected chi connectivity index (χ2v) is 5.79. The van der Waals surface area contributed by atoms with E-state index in [1.165, 1.54) is 12.8 Å². The first-order chi connectivity index (χ1) is 11.1. The number of benzene rings is 1. The first kappa shape index (κ1) is 15.4. The number of rotatable bonds is 6. The number of nitrogens with one attached hydrogen (secondary N) is 2. The van der Waals surface area contributed by atoms with E-state index in [-0.39, 0.29) is 11.9 Å². The van der Waals surface area contributed by atoms with Crippen molar-refractivity contribution in [2.75, 3.05) is 14.2 Å². The van der Waals surface area contributed by atoms with Crippen LogP contribution in [0.15, 0.2) is 24.3 Å². The average molecular weight is 315 g/mol. The van der Waals surface area contributed by atoms with Crippen LogP contribution in [0, 0.1) is 0 Å². The Balaban J connectivity index is 1.69. The Morgan fingerprint density at radius 2 is 2.00 bits per heavy atom. The fraction of sp³-hybridized carbons (Fsp3) is 0.412. The van der Waals surface area contributed by atoms with Gasteiger partial charge in [-0.3, -0.25) is 9.89 Å². The van der Waals surface area contributed by atoms with Crippen LogP contribution in [0.3, 0.4) is 0 Å². The van der Waals surface area contributed by atoms with E-state index in [0.717, 1.165) is 11.3 Å². The standard InChI is InChI=1S/C17H21N3O3/c1-10(12-6-7-15(22-2)16(8-12)23-3)18-17(21)14-9-13(19-20-14)11-4-5-11/h6-11H,4-5H2,1-3H3,(H,18,21)(H,19,20). The first-order valence-electron chi connectivity index (χ1n) is 7.70. The number of hydrogen-bond acceptors (Lipinski definition) is 4. The van der Waals surface area contributed by atoms with Crippen molar-refractivity contribution < 1.29 is 14.3 Å². The van der Waals surface area contributed by atoms with Gasteiger partial charge in [0.25, 0.3) is 5.91 Å². The molecule has 1 heterocycles. The van der Waals surface area contributed by atoms with Crippen LogP contribution in [0.1, 0.15) is 53.5 Å². The van der Waals surface area contributed by atoms with Crippen molar-refractivity contribution in [3.63, 3.8) is 0 Å². The highest BCUT2D eigenvalue weighted by molar-refractivity contribution is 5.92. The van der Waals surface area contributed by atoms with Crippen LogP contribution in [0.25, 0.3) is 0 Å². The summed E-state index contributed by atoms with van der Waals surface area (Å²) in [6.45, 7) is 1.92. The van der Waals surface area contributed by atoms with E-state index >= 15 is 0 Å². The maximum Gasteiger partial charge on any atom is 0.272 e. The minimum Gasteiger partial charge on any atom is -0.493 e. The van der Waals surface area contributed by atoms with Gasteiger partial charge in [-0.2, -0.15) is 5.10 Å². The summed E-state index contributed by atoms with van der Waals surface area (Å²) in [5, 5.41) is 10.0. The van der Waals surface area contributed by atoms with Gasteiger partial charge in [0, 0.05) is 11.6 Å². The lowest BCUT2D eigenvalue weighted by molar-refractivity contribution is 0.0934. The molecule has 0 saturated heterocycles. The second-order valence-electron chi connectivity index (χ2n) is 5.79. The molecule has 0 aliphatic heterocycles. The molecule has 1 aliphatic rings. The first-order valence-corrected chi connectivity index (χ1v) is 7.70. The van der Waals surface area contributed by atoms with Crippen molar-refractivity contribution in [3.8, 4) is 11.5 Å². The smallest absolute Gasteiger partial charge is 0.272 e. The highest BCUT2D eigenvalue weighted by Crippen LogP contribution is 2.39. The molecule has 2 N–H and O–H groups in total. The van der Waals surface area contributed by atoms with Gasteiger partial charge < -0.3 is 14.8 Å². The largest absolute Gasteiger partial charge is 0.493 e. The summed E-state index contributed by atoms with van der Waals surface area (Å²) < 4.78 is 10.5. The molecule has 1 unspecified atom stereocenters. The fourth-order valence-electron chi connectivity index (χ4n) is 2.53. The van der Waals surface area contributed by atoms with E-state index in [9.17, 15) is 4.79 Å². The predicted octanol–water partition coefficient (Wildman–Crippen LogP) is 2.80. The number of hydrogen-bond donors (Lipinski definition) is 2. The Morgan fingerprint density at radius 1 is 1.26 bits per heavy atom. The minimum atomic E-state index is -0.185. The fourth-order valence-corrected chi connectivity index (χ4v) is 2.53. The summed E-state index contributed by atoms with van der Waals surface area (Å²) in [5.74, 6) is 1.67. The molecule has 122 valence electrons. The third kappa shape index (κ3) is 3.31. The molecule has 1 aliphatic carbocycles. The maximum absolute atomic E-state index is 12.3. The van der Waals surface area contributed by atoms with Gasteiger partial charge in [0.1, 0.15) is 5.69 Å². The zero-order valence-corrected chi connectivity index (χ0v) is 13.6. The summed E-state index contributed by atoms with van der Waals surface area (Å²) in [6.07, 6.45) is 2.34. The number of nitrogens with zero attached hydrogens (tertiary/aromatic N) is 1. The molecule has 0 spiro atoms. The molecule has 6 heteroatoms. The van der Waals surface area contributed by atoms with Crippen LogP contribution in [0.5, 0.6) is 11.5 Å². The van der Waals surface area contributed by atoms with Gasteiger partial charge in [-0.25, -0.2) is 0 Å². The van der Waals surface area contributed by atoms with Crippen molar-refractivity contribution in [1.82, 2.24) is 15.5 Å². The van der Waals surface area contributed by atoms with Gasteiger partial charge in [-0.15, -0.1) is 0 Å². The molecule has 23 heavy (non-hydrogen) atoms. The zero-order chi connectivity index (χ0) is 16.4. The van der Waals surface area contributed by atoms with Crippen LogP contribution in [0.4, 0.5) is 0 Å². The van der Waals surface area contributed by atoms with Crippen molar-refractivity contribution in [2.24, 2.45) is 0 Å². The third-order valence-corrected chi connectivity index (χ3v) is 4.10. The lowest BCUT2D eigenvalue weighted by atomic mass is 10.1. The Bertz CT molecular complexity index is 707. The summed E-state index contributed by atoms with van der Waals surface area (Å²) >= 11 is 0. The second kappa shape index (κ2) is 6.32. The average Bonchev–Trinajstić information content (AvgIpc) is 3.30. The van der Waals surface area contributed by atoms with Crippen molar-refractivity contribution in [2.45, 2.75) is 31.7 Å². The summed E-state index contributed by atoms with van der Waals surface area (Å²) in [6, 6.07) is 7.28. The number of amides is 1. The molecular formula is C17H21N3O3. The molecule has 1 amide bonds. The van der Waals surface area contributed by atoms with Gasteiger partial charge >= 0.3 is 0 Å². The van der Waals surface area contributed by atoms with E-state index in [0.29, 0.717) is 23.1 Å². The van der Waals surface area contributed by atoms with Crippen molar-refractivity contribution in [1.29, 1.82) is 0 Å². The van der Waals surface area contributed by atoms with Gasteiger partial charge in [0.15, 0.2) is 11.5 Å². The van der Waals surface area contributed by atoms with Crippen molar-refractivity contribution in [3.05, 3.63) is 41.2 Å². The number of carbonyl (C=O) groups is 1. The number of ether oxygens (including phenoxy) is 2. The molecule has 1 fully saturated rings. The number of carbonyl (C=O) groups excluding carboxylic acids is 1. The van der Waals surface area contributed by atoms with E-state index in [1.54, 1.807) is 14.2 Å². The molecule has 1 saturated carbocycles. The molecule has 1 aromatic heterocycles. The zero-order valence-electron chi connectivity index (χ0n) is 13.6. The number of aromatic amines is 1. The molecule has 2 aromatic rings. The van der Waals surface area contributed by atoms with Gasteiger partial charge in [0.05, 0.1) is 20.3 Å². The molecule has 3 rings (SSSR count). The predicted molar refractivity (Wildman–Crippen MR) is 86.0 cm³/mol. The normalized spacial score (nSPS) is 15.1. The van der Waals surface area contributed by atoms with Gasteiger partial charge in [0.2, 0.25) is 0 Å². The SMILES string of the molecule is COc1ccc(C(C)NC(=O)c2cc(C3CC3)[nH]n2)cc1OC. The van der Waals surface area contributed by atoms with Gasteiger partial charge in [-0.1, -0.05) is 6.07 Å². The summed E-state index contributed by atoms with van der Waals surface area (Å²) in [4.78, 5) is 12.3. The van der Waals surface area contributed by atoms with Crippen LogP contribution in [-0.4, -0.2) is 30.3 Å². The quantitative estimate of drug-likeness (QED) is 0.859. The Morgan fingerprint density at radius 3 is 2.65 bits per heavy atom. The molecule has 1 aromatic carbocycles. The number of methoxy groups -OCH3 is 2. The van der Waals surface area contributed by atoms with E-state index < -0.39 is 0 Å². The van der Waals surface area contributed by atoms with Crippen LogP contribution in [-0.2, 0) is 0 Å². The Labute approximate surface area is 135 Å². The highest BCUT2D eigenvalue weighted by Gasteiger charge is 2.26. The molecule has 1 atom stereocenters. The Kier molecular flexibility index (Phi) is 4.23. The van der Waals surface area contributed by atoms with Crippen LogP contribution >= 0.6 is 0 Å².